The average molecular weight is 186 g/mol. The first kappa shape index (κ1) is 9.00. The van der Waals surface area contributed by atoms with Gasteiger partial charge in [-0.25, -0.2) is 0 Å². The quantitative estimate of drug-likeness (QED) is 0.404. The van der Waals surface area contributed by atoms with Crippen molar-refractivity contribution in [2.45, 2.75) is 12.8 Å². The maximum absolute atomic E-state index is 10.5. The van der Waals surface area contributed by atoms with Gasteiger partial charge in [0.2, 0.25) is 0 Å². The second-order valence-corrected chi connectivity index (χ2v) is 2.73. The van der Waals surface area contributed by atoms with Gasteiger partial charge in [0.1, 0.15) is 0 Å². The fourth-order valence-corrected chi connectivity index (χ4v) is 1.38. The standard InChI is InChI=1S/C8H8ClNO2/c1-6-3-2-4-8(10(11)12)7(6)5-9/h2-4H,5H2,1H3. The van der Waals surface area contributed by atoms with Crippen LogP contribution in [0.25, 0.3) is 0 Å². The summed E-state index contributed by atoms with van der Waals surface area (Å²) in [5, 5.41) is 10.5. The van der Waals surface area contributed by atoms with Crippen molar-refractivity contribution < 1.29 is 4.92 Å². The fourth-order valence-electron chi connectivity index (χ4n) is 1.03. The van der Waals surface area contributed by atoms with Crippen LogP contribution in [0.5, 0.6) is 0 Å². The van der Waals surface area contributed by atoms with E-state index in [1.807, 2.05) is 13.0 Å². The number of hydrogen-bond acceptors (Lipinski definition) is 2. The molecule has 0 bridgehead atoms. The Morgan fingerprint density at radius 1 is 1.58 bits per heavy atom. The van der Waals surface area contributed by atoms with E-state index in [0.29, 0.717) is 5.56 Å². The second-order valence-electron chi connectivity index (χ2n) is 2.46. The summed E-state index contributed by atoms with van der Waals surface area (Å²) in [6, 6.07) is 4.93. The number of alkyl halides is 1. The molecule has 0 atom stereocenters. The number of halogens is 1. The smallest absolute Gasteiger partial charge is 0.258 e. The molecule has 1 aromatic carbocycles. The summed E-state index contributed by atoms with van der Waals surface area (Å²) in [5.41, 5.74) is 1.56. The zero-order chi connectivity index (χ0) is 9.14. The third-order valence-electron chi connectivity index (χ3n) is 1.72. The molecular formula is C8H8ClNO2. The molecule has 0 aliphatic rings. The van der Waals surface area contributed by atoms with Crippen molar-refractivity contribution >= 4 is 17.3 Å². The van der Waals surface area contributed by atoms with Gasteiger partial charge in [-0.2, -0.15) is 0 Å². The zero-order valence-corrected chi connectivity index (χ0v) is 7.34. The summed E-state index contributed by atoms with van der Waals surface area (Å²) in [6.07, 6.45) is 0. The lowest BCUT2D eigenvalue weighted by atomic mass is 10.1. The Hall–Kier alpha value is -1.09. The van der Waals surface area contributed by atoms with Crippen molar-refractivity contribution in [1.82, 2.24) is 0 Å². The van der Waals surface area contributed by atoms with Crippen molar-refractivity contribution in [1.29, 1.82) is 0 Å². The van der Waals surface area contributed by atoms with Crippen LogP contribution in [0.2, 0.25) is 0 Å². The van der Waals surface area contributed by atoms with Crippen LogP contribution >= 0.6 is 11.6 Å². The van der Waals surface area contributed by atoms with E-state index in [9.17, 15) is 10.1 Å². The number of aryl methyl sites for hydroxylation is 1. The minimum Gasteiger partial charge on any atom is -0.258 e. The van der Waals surface area contributed by atoms with Gasteiger partial charge >= 0.3 is 0 Å². The van der Waals surface area contributed by atoms with E-state index in [1.54, 1.807) is 6.07 Å². The number of hydrogen-bond donors (Lipinski definition) is 0. The van der Waals surface area contributed by atoms with Gasteiger partial charge in [0.25, 0.3) is 5.69 Å². The molecule has 3 nitrogen and oxygen atoms in total. The number of rotatable bonds is 2. The molecule has 0 amide bonds. The van der Waals surface area contributed by atoms with Gasteiger partial charge < -0.3 is 0 Å². The van der Waals surface area contributed by atoms with Gasteiger partial charge in [0, 0.05) is 11.6 Å². The van der Waals surface area contributed by atoms with E-state index in [1.165, 1.54) is 6.07 Å². The normalized spacial score (nSPS) is 9.83. The number of nitro benzene ring substituents is 1. The maximum Gasteiger partial charge on any atom is 0.274 e. The van der Waals surface area contributed by atoms with E-state index in [2.05, 4.69) is 0 Å². The molecule has 0 spiro atoms. The minimum atomic E-state index is -0.412. The molecule has 0 aromatic heterocycles. The first-order chi connectivity index (χ1) is 5.66. The monoisotopic (exact) mass is 185 g/mol. The van der Waals surface area contributed by atoms with Crippen molar-refractivity contribution in [3.8, 4) is 0 Å². The summed E-state index contributed by atoms with van der Waals surface area (Å²) in [7, 11) is 0. The Labute approximate surface area is 75.1 Å². The predicted octanol–water partition coefficient (Wildman–Crippen LogP) is 2.64. The third-order valence-corrected chi connectivity index (χ3v) is 1.98. The highest BCUT2D eigenvalue weighted by Crippen LogP contribution is 2.22. The summed E-state index contributed by atoms with van der Waals surface area (Å²) < 4.78 is 0. The second kappa shape index (κ2) is 3.54. The van der Waals surface area contributed by atoms with E-state index in [0.717, 1.165) is 5.56 Å². The third kappa shape index (κ3) is 1.56. The Bertz CT molecular complexity index is 312. The molecule has 64 valence electrons. The highest BCUT2D eigenvalue weighted by molar-refractivity contribution is 6.17. The van der Waals surface area contributed by atoms with Gasteiger partial charge in [-0.1, -0.05) is 12.1 Å². The topological polar surface area (TPSA) is 43.1 Å². The highest BCUT2D eigenvalue weighted by atomic mass is 35.5. The lowest BCUT2D eigenvalue weighted by molar-refractivity contribution is -0.385. The van der Waals surface area contributed by atoms with Crippen LogP contribution in [0.15, 0.2) is 18.2 Å². The Morgan fingerprint density at radius 2 is 2.25 bits per heavy atom. The molecule has 0 heterocycles. The largest absolute Gasteiger partial charge is 0.274 e. The Kier molecular flexibility index (Phi) is 2.65. The van der Waals surface area contributed by atoms with E-state index < -0.39 is 4.92 Å². The lowest BCUT2D eigenvalue weighted by Crippen LogP contribution is -1.95. The molecular weight excluding hydrogens is 178 g/mol. The zero-order valence-electron chi connectivity index (χ0n) is 6.58. The molecule has 0 unspecified atom stereocenters. The molecule has 1 aromatic rings. The molecule has 4 heteroatoms. The number of nitro groups is 1. The van der Waals surface area contributed by atoms with Crippen LogP contribution in [-0.2, 0) is 5.88 Å². The fraction of sp³-hybridized carbons (Fsp3) is 0.250. The maximum atomic E-state index is 10.5. The van der Waals surface area contributed by atoms with Gasteiger partial charge in [-0.05, 0) is 12.5 Å². The molecule has 0 aliphatic carbocycles. The van der Waals surface area contributed by atoms with Crippen molar-refractivity contribution in [2.75, 3.05) is 0 Å². The SMILES string of the molecule is Cc1cccc([N+](=O)[O-])c1CCl. The molecule has 0 fully saturated rings. The minimum absolute atomic E-state index is 0.102. The van der Waals surface area contributed by atoms with Crippen LogP contribution in [-0.4, -0.2) is 4.92 Å². The van der Waals surface area contributed by atoms with E-state index >= 15 is 0 Å². The van der Waals surface area contributed by atoms with Gasteiger partial charge in [0.15, 0.2) is 0 Å². The highest BCUT2D eigenvalue weighted by Gasteiger charge is 2.13. The molecule has 0 saturated carbocycles. The molecule has 0 N–H and O–H groups in total. The van der Waals surface area contributed by atoms with Crippen molar-refractivity contribution in [3.63, 3.8) is 0 Å². The average Bonchev–Trinajstić information content (AvgIpc) is 2.03. The van der Waals surface area contributed by atoms with Crippen molar-refractivity contribution in [2.24, 2.45) is 0 Å². The summed E-state index contributed by atoms with van der Waals surface area (Å²) in [4.78, 5) is 10.1. The van der Waals surface area contributed by atoms with Crippen LogP contribution < -0.4 is 0 Å². The van der Waals surface area contributed by atoms with Gasteiger partial charge in [-0.3, -0.25) is 10.1 Å². The van der Waals surface area contributed by atoms with Crippen LogP contribution in [0.4, 0.5) is 5.69 Å². The summed E-state index contributed by atoms with van der Waals surface area (Å²) in [6.45, 7) is 1.81. The molecule has 1 rings (SSSR count). The molecule has 12 heavy (non-hydrogen) atoms. The van der Waals surface area contributed by atoms with Gasteiger partial charge in [-0.15, -0.1) is 11.6 Å². The first-order valence-corrected chi connectivity index (χ1v) is 3.99. The molecule has 0 radical (unpaired) electrons. The number of benzene rings is 1. The van der Waals surface area contributed by atoms with Crippen LogP contribution in [0, 0.1) is 17.0 Å². The molecule has 0 aliphatic heterocycles. The Balaban J connectivity index is 3.27. The predicted molar refractivity (Wildman–Crippen MR) is 47.4 cm³/mol. The number of nitrogens with zero attached hydrogens (tertiary/aromatic N) is 1. The lowest BCUT2D eigenvalue weighted by Gasteiger charge is -2.01. The van der Waals surface area contributed by atoms with Crippen molar-refractivity contribution in [3.05, 3.63) is 39.4 Å². The summed E-state index contributed by atoms with van der Waals surface area (Å²) >= 11 is 5.58. The Morgan fingerprint density at radius 3 is 2.67 bits per heavy atom. The van der Waals surface area contributed by atoms with E-state index in [-0.39, 0.29) is 11.6 Å². The van der Waals surface area contributed by atoms with Crippen LogP contribution in [0.3, 0.4) is 0 Å². The first-order valence-electron chi connectivity index (χ1n) is 3.45. The van der Waals surface area contributed by atoms with E-state index in [4.69, 9.17) is 11.6 Å². The summed E-state index contributed by atoms with van der Waals surface area (Å²) in [5.74, 6) is 0.184. The van der Waals surface area contributed by atoms with Gasteiger partial charge in [0.05, 0.1) is 10.8 Å². The van der Waals surface area contributed by atoms with Crippen LogP contribution in [0.1, 0.15) is 11.1 Å². The molecule has 0 saturated heterocycles.